The number of rotatable bonds is 5. The van der Waals surface area contributed by atoms with Crippen LogP contribution < -0.4 is 14.2 Å². The molecule has 1 aliphatic heterocycles. The van der Waals surface area contributed by atoms with Gasteiger partial charge in [0.15, 0.2) is 5.76 Å². The van der Waals surface area contributed by atoms with E-state index in [1.807, 2.05) is 49.4 Å². The molecular weight excluding hydrogens is 364 g/mol. The van der Waals surface area contributed by atoms with Crippen molar-refractivity contribution in [3.8, 4) is 17.2 Å². The Balaban J connectivity index is 1.56. The van der Waals surface area contributed by atoms with Crippen LogP contribution in [0.25, 0.3) is 6.08 Å². The van der Waals surface area contributed by atoms with Crippen molar-refractivity contribution in [2.24, 2.45) is 0 Å². The fraction of sp³-hybridized carbons (Fsp3) is 0.160. The molecule has 4 rings (SSSR count). The molecule has 0 aromatic heterocycles. The molecule has 0 amide bonds. The number of methoxy groups -OCH3 is 1. The lowest BCUT2D eigenvalue weighted by Gasteiger charge is -2.09. The average molecular weight is 386 g/mol. The van der Waals surface area contributed by atoms with E-state index in [2.05, 4.69) is 19.1 Å². The fourth-order valence-electron chi connectivity index (χ4n) is 3.29. The summed E-state index contributed by atoms with van der Waals surface area (Å²) in [4.78, 5) is 12.8. The number of hydrogen-bond donors (Lipinski definition) is 0. The number of carbonyl (C=O) groups is 1. The van der Waals surface area contributed by atoms with Crippen LogP contribution in [0.2, 0.25) is 0 Å². The van der Waals surface area contributed by atoms with Gasteiger partial charge in [-0.05, 0) is 54.8 Å². The van der Waals surface area contributed by atoms with Crippen LogP contribution >= 0.6 is 0 Å². The molecule has 0 fully saturated rings. The molecule has 3 aromatic rings. The first-order valence-corrected chi connectivity index (χ1v) is 9.45. The van der Waals surface area contributed by atoms with Crippen LogP contribution in [0.4, 0.5) is 0 Å². The predicted molar refractivity (Wildman–Crippen MR) is 113 cm³/mol. The highest BCUT2D eigenvalue weighted by Crippen LogP contribution is 2.37. The number of hydrogen-bond acceptors (Lipinski definition) is 4. The minimum absolute atomic E-state index is 0.120. The maximum Gasteiger partial charge on any atom is 0.232 e. The van der Waals surface area contributed by atoms with E-state index in [0.29, 0.717) is 29.4 Å². The Labute approximate surface area is 170 Å². The van der Waals surface area contributed by atoms with Gasteiger partial charge in [-0.25, -0.2) is 0 Å². The number of fused-ring (bicyclic) bond motifs is 1. The molecule has 0 spiro atoms. The minimum atomic E-state index is -0.120. The third kappa shape index (κ3) is 4.02. The van der Waals surface area contributed by atoms with E-state index in [0.717, 1.165) is 22.4 Å². The van der Waals surface area contributed by atoms with Crippen molar-refractivity contribution in [2.45, 2.75) is 20.5 Å². The van der Waals surface area contributed by atoms with E-state index in [-0.39, 0.29) is 5.78 Å². The molecule has 0 N–H and O–H groups in total. The molecule has 0 bridgehead atoms. The van der Waals surface area contributed by atoms with Gasteiger partial charge in [-0.1, -0.05) is 42.0 Å². The topological polar surface area (TPSA) is 44.8 Å². The van der Waals surface area contributed by atoms with Crippen molar-refractivity contribution in [1.29, 1.82) is 0 Å². The third-order valence-corrected chi connectivity index (χ3v) is 4.86. The zero-order valence-electron chi connectivity index (χ0n) is 16.7. The molecule has 0 unspecified atom stereocenters. The first-order valence-electron chi connectivity index (χ1n) is 9.45. The van der Waals surface area contributed by atoms with Gasteiger partial charge in [0.05, 0.1) is 12.7 Å². The first-order chi connectivity index (χ1) is 14.0. The Morgan fingerprint density at radius 2 is 1.76 bits per heavy atom. The summed E-state index contributed by atoms with van der Waals surface area (Å²) in [6.45, 7) is 4.41. The summed E-state index contributed by atoms with van der Waals surface area (Å²) in [5, 5.41) is 0. The molecule has 1 aliphatic rings. The van der Waals surface area contributed by atoms with Crippen LogP contribution in [0, 0.1) is 13.8 Å². The van der Waals surface area contributed by atoms with Gasteiger partial charge in [-0.3, -0.25) is 4.79 Å². The molecule has 0 aliphatic carbocycles. The SMILES string of the molecule is COc1cccc(/C=C2\Oc3cc(OCc4ccc(C)cc4)cc(C)c3C2=O)c1. The van der Waals surface area contributed by atoms with Crippen LogP contribution in [0.1, 0.15) is 32.6 Å². The molecule has 4 nitrogen and oxygen atoms in total. The van der Waals surface area contributed by atoms with E-state index < -0.39 is 0 Å². The van der Waals surface area contributed by atoms with Gasteiger partial charge in [0.25, 0.3) is 0 Å². The number of ether oxygens (including phenoxy) is 3. The highest BCUT2D eigenvalue weighted by Gasteiger charge is 2.30. The maximum absolute atomic E-state index is 12.8. The molecule has 0 saturated carbocycles. The van der Waals surface area contributed by atoms with E-state index in [9.17, 15) is 4.79 Å². The zero-order chi connectivity index (χ0) is 20.4. The Bertz CT molecular complexity index is 1090. The zero-order valence-corrected chi connectivity index (χ0v) is 16.7. The number of ketones is 1. The summed E-state index contributed by atoms with van der Waals surface area (Å²) in [6.07, 6.45) is 1.73. The van der Waals surface area contributed by atoms with Crippen molar-refractivity contribution in [2.75, 3.05) is 7.11 Å². The summed E-state index contributed by atoms with van der Waals surface area (Å²) in [6, 6.07) is 19.4. The largest absolute Gasteiger partial charge is 0.497 e. The summed E-state index contributed by atoms with van der Waals surface area (Å²) in [7, 11) is 1.61. The van der Waals surface area contributed by atoms with Gasteiger partial charge in [-0.2, -0.15) is 0 Å². The molecule has 0 atom stereocenters. The quantitative estimate of drug-likeness (QED) is 0.543. The number of Topliss-reactive ketones (excluding diaryl/α,β-unsaturated/α-hetero) is 1. The maximum atomic E-state index is 12.8. The molecule has 1 heterocycles. The summed E-state index contributed by atoms with van der Waals surface area (Å²) in [5.74, 6) is 2.11. The normalized spacial score (nSPS) is 13.9. The lowest BCUT2D eigenvalue weighted by Crippen LogP contribution is -2.00. The number of carbonyl (C=O) groups excluding carboxylic acids is 1. The molecule has 29 heavy (non-hydrogen) atoms. The highest BCUT2D eigenvalue weighted by atomic mass is 16.5. The van der Waals surface area contributed by atoms with E-state index in [4.69, 9.17) is 14.2 Å². The molecule has 146 valence electrons. The molecule has 0 saturated heterocycles. The van der Waals surface area contributed by atoms with E-state index in [1.165, 1.54) is 5.56 Å². The van der Waals surface area contributed by atoms with Crippen molar-refractivity contribution in [3.63, 3.8) is 0 Å². The van der Waals surface area contributed by atoms with Gasteiger partial charge in [0.2, 0.25) is 5.78 Å². The van der Waals surface area contributed by atoms with Gasteiger partial charge < -0.3 is 14.2 Å². The van der Waals surface area contributed by atoms with Crippen molar-refractivity contribution >= 4 is 11.9 Å². The number of allylic oxidation sites excluding steroid dienone is 1. The molecule has 3 aromatic carbocycles. The monoisotopic (exact) mass is 386 g/mol. The van der Waals surface area contributed by atoms with Crippen LogP contribution in [-0.4, -0.2) is 12.9 Å². The van der Waals surface area contributed by atoms with Gasteiger partial charge in [0.1, 0.15) is 23.9 Å². The van der Waals surface area contributed by atoms with Crippen LogP contribution in [-0.2, 0) is 6.61 Å². The van der Waals surface area contributed by atoms with Gasteiger partial charge >= 0.3 is 0 Å². The Kier molecular flexibility index (Phi) is 5.09. The van der Waals surface area contributed by atoms with Gasteiger partial charge in [-0.15, -0.1) is 0 Å². The van der Waals surface area contributed by atoms with Gasteiger partial charge in [0, 0.05) is 6.07 Å². The first kappa shape index (κ1) is 18.8. The lowest BCUT2D eigenvalue weighted by atomic mass is 10.0. The van der Waals surface area contributed by atoms with Crippen molar-refractivity contribution < 1.29 is 19.0 Å². The Morgan fingerprint density at radius 1 is 0.966 bits per heavy atom. The summed E-state index contributed by atoms with van der Waals surface area (Å²) >= 11 is 0. The molecular formula is C25H22O4. The summed E-state index contributed by atoms with van der Waals surface area (Å²) < 4.78 is 17.0. The van der Waals surface area contributed by atoms with E-state index >= 15 is 0 Å². The second-order valence-corrected chi connectivity index (χ2v) is 7.10. The molecule has 0 radical (unpaired) electrons. The third-order valence-electron chi connectivity index (χ3n) is 4.86. The van der Waals surface area contributed by atoms with Crippen LogP contribution in [0.5, 0.6) is 17.2 Å². The highest BCUT2D eigenvalue weighted by molar-refractivity contribution is 6.15. The summed E-state index contributed by atoms with van der Waals surface area (Å²) in [5.41, 5.74) is 4.56. The Hall–Kier alpha value is -3.53. The van der Waals surface area contributed by atoms with Crippen LogP contribution in [0.15, 0.2) is 66.4 Å². The Morgan fingerprint density at radius 3 is 2.52 bits per heavy atom. The molecule has 4 heteroatoms. The number of benzene rings is 3. The smallest absolute Gasteiger partial charge is 0.232 e. The average Bonchev–Trinajstić information content (AvgIpc) is 3.03. The number of aryl methyl sites for hydroxylation is 2. The standard InChI is InChI=1S/C25H22O4/c1-16-7-9-18(10-8-16)15-28-21-11-17(2)24-22(14-21)29-23(25(24)26)13-19-5-4-6-20(12-19)27-3/h4-14H,15H2,1-3H3/b23-13-. The predicted octanol–water partition coefficient (Wildman–Crippen LogP) is 5.51. The second-order valence-electron chi connectivity index (χ2n) is 7.10. The fourth-order valence-corrected chi connectivity index (χ4v) is 3.29. The minimum Gasteiger partial charge on any atom is -0.497 e. The lowest BCUT2D eigenvalue weighted by molar-refractivity contribution is 0.101. The van der Waals surface area contributed by atoms with Crippen molar-refractivity contribution in [1.82, 2.24) is 0 Å². The van der Waals surface area contributed by atoms with E-state index in [1.54, 1.807) is 19.3 Å². The van der Waals surface area contributed by atoms with Crippen LogP contribution in [0.3, 0.4) is 0 Å². The van der Waals surface area contributed by atoms with Crippen molar-refractivity contribution in [3.05, 3.63) is 94.2 Å². The second kappa shape index (κ2) is 7.84.